The van der Waals surface area contributed by atoms with Crippen LogP contribution in [0.1, 0.15) is 17.9 Å². The van der Waals surface area contributed by atoms with Crippen LogP contribution in [0, 0.1) is 34.8 Å². The molecule has 0 bridgehead atoms. The normalized spacial score (nSPS) is 28.5. The summed E-state index contributed by atoms with van der Waals surface area (Å²) in [6, 6.07) is 4.07. The van der Waals surface area contributed by atoms with E-state index in [-0.39, 0.29) is 36.7 Å². The first-order valence-electron chi connectivity index (χ1n) is 8.68. The van der Waals surface area contributed by atoms with Crippen LogP contribution < -0.4 is 10.2 Å². The smallest absolute Gasteiger partial charge is 0.414 e. The fourth-order valence-electron chi connectivity index (χ4n) is 3.91. The lowest BCUT2D eigenvalue weighted by atomic mass is 10.1. The van der Waals surface area contributed by atoms with Crippen molar-refractivity contribution in [3.05, 3.63) is 29.3 Å². The molecule has 2 amide bonds. The van der Waals surface area contributed by atoms with Gasteiger partial charge in [0.05, 0.1) is 24.8 Å². The summed E-state index contributed by atoms with van der Waals surface area (Å²) in [6.07, 6.45) is -1.66. The second kappa shape index (κ2) is 7.00. The molecule has 1 N–H and O–H groups in total. The van der Waals surface area contributed by atoms with Gasteiger partial charge in [0.1, 0.15) is 24.2 Å². The molecule has 0 unspecified atom stereocenters. The second-order valence-corrected chi connectivity index (χ2v) is 8.04. The van der Waals surface area contributed by atoms with E-state index in [9.17, 15) is 18.4 Å². The van der Waals surface area contributed by atoms with E-state index >= 15 is 0 Å². The van der Waals surface area contributed by atoms with Gasteiger partial charge in [-0.1, -0.05) is 0 Å². The molecule has 1 aromatic rings. The van der Waals surface area contributed by atoms with Crippen LogP contribution >= 0.6 is 11.8 Å². The van der Waals surface area contributed by atoms with Gasteiger partial charge in [-0.15, -0.1) is 0 Å². The molecule has 1 aliphatic carbocycles. The molecule has 4 atom stereocenters. The molecule has 27 heavy (non-hydrogen) atoms. The molecule has 0 radical (unpaired) electrons. The number of anilines is 1. The topological polar surface area (TPSA) is 82.4 Å². The Morgan fingerprint density at radius 3 is 2.63 bits per heavy atom. The summed E-state index contributed by atoms with van der Waals surface area (Å²) in [5.41, 5.74) is 0.228. The predicted molar refractivity (Wildman–Crippen MR) is 94.3 cm³/mol. The molecule has 0 spiro atoms. The van der Waals surface area contributed by atoms with Crippen LogP contribution in [-0.2, 0) is 9.53 Å². The number of nitrogens with zero attached hydrogens (tertiary/aromatic N) is 2. The highest BCUT2D eigenvalue weighted by Gasteiger charge is 2.55. The number of carbonyl (C=O) groups is 2. The van der Waals surface area contributed by atoms with Gasteiger partial charge in [0.25, 0.3) is 0 Å². The Labute approximate surface area is 158 Å². The van der Waals surface area contributed by atoms with E-state index in [1.54, 1.807) is 6.07 Å². The van der Waals surface area contributed by atoms with Crippen LogP contribution in [-0.4, -0.2) is 42.7 Å². The van der Waals surface area contributed by atoms with Gasteiger partial charge in [0, 0.05) is 5.56 Å². The van der Waals surface area contributed by atoms with Crippen LogP contribution in [0.2, 0.25) is 0 Å². The Morgan fingerprint density at radius 1 is 1.33 bits per heavy atom. The molecule has 2 heterocycles. The minimum Gasteiger partial charge on any atom is -0.442 e. The van der Waals surface area contributed by atoms with Crippen molar-refractivity contribution in [2.75, 3.05) is 29.5 Å². The Kier molecular flexibility index (Phi) is 4.68. The van der Waals surface area contributed by atoms with Crippen molar-refractivity contribution < 1.29 is 23.1 Å². The first kappa shape index (κ1) is 18.0. The zero-order valence-corrected chi connectivity index (χ0v) is 15.1. The molecule has 3 fully saturated rings. The summed E-state index contributed by atoms with van der Waals surface area (Å²) in [5, 5.41) is 10.9. The second-order valence-electron chi connectivity index (χ2n) is 6.97. The van der Waals surface area contributed by atoms with Crippen molar-refractivity contribution >= 4 is 29.4 Å². The lowest BCUT2D eigenvalue weighted by Gasteiger charge is -2.16. The first-order chi connectivity index (χ1) is 13.0. The maximum atomic E-state index is 14.6. The quantitative estimate of drug-likeness (QED) is 0.831. The number of carbonyl (C=O) groups excluding carboxylic acids is 2. The SMILES string of the molecule is N#CCC(=O)NC[C@H]1CN(c2cc(F)c([C@H]3[C@@H]4CSC[C@@H]43)c(F)c2)C(=O)O1. The average Bonchev–Trinajstić information content (AvgIpc) is 2.97. The van der Waals surface area contributed by atoms with Gasteiger partial charge in [0.15, 0.2) is 0 Å². The summed E-state index contributed by atoms with van der Waals surface area (Å²) in [4.78, 5) is 24.5. The molecular formula is C18H17F2N3O3S. The van der Waals surface area contributed by atoms with Crippen molar-refractivity contribution in [1.82, 2.24) is 5.32 Å². The van der Waals surface area contributed by atoms with Crippen LogP contribution in [0.4, 0.5) is 19.3 Å². The summed E-state index contributed by atoms with van der Waals surface area (Å²) in [6.45, 7) is 0.101. The van der Waals surface area contributed by atoms with Crippen molar-refractivity contribution in [2.45, 2.75) is 18.4 Å². The lowest BCUT2D eigenvalue weighted by Crippen LogP contribution is -2.34. The molecule has 0 aromatic heterocycles. The van der Waals surface area contributed by atoms with E-state index in [0.717, 1.165) is 16.4 Å². The Bertz CT molecular complexity index is 811. The van der Waals surface area contributed by atoms with E-state index in [1.807, 2.05) is 11.8 Å². The van der Waals surface area contributed by atoms with E-state index in [0.29, 0.717) is 11.8 Å². The third kappa shape index (κ3) is 3.34. The summed E-state index contributed by atoms with van der Waals surface area (Å²) in [5.74, 6) is 0.781. The van der Waals surface area contributed by atoms with E-state index in [4.69, 9.17) is 10.00 Å². The molecule has 1 saturated carbocycles. The molecular weight excluding hydrogens is 376 g/mol. The fraction of sp³-hybridized carbons (Fsp3) is 0.500. The summed E-state index contributed by atoms with van der Waals surface area (Å²) in [7, 11) is 0. The standard InChI is InChI=1S/C18H17F2N3O3S/c19-13-3-9(4-14(20)17(13)16-11-7-27-8-12(11)16)23-6-10(26-18(23)25)5-22-15(24)1-2-21/h3-4,10-12,16H,1,5-8H2,(H,22,24)/t10-,11-,12+,16+/m0/s1. The summed E-state index contributed by atoms with van der Waals surface area (Å²) >= 11 is 1.81. The van der Waals surface area contributed by atoms with Crippen molar-refractivity contribution in [1.29, 1.82) is 5.26 Å². The highest BCUT2D eigenvalue weighted by atomic mass is 32.2. The largest absolute Gasteiger partial charge is 0.442 e. The number of amides is 2. The number of hydrogen-bond acceptors (Lipinski definition) is 5. The Hall–Kier alpha value is -2.34. The fourth-order valence-corrected chi connectivity index (χ4v) is 5.50. The minimum absolute atomic E-state index is 0.0366. The molecule has 1 aromatic carbocycles. The van der Waals surface area contributed by atoms with Crippen molar-refractivity contribution in [3.8, 4) is 6.07 Å². The highest BCUT2D eigenvalue weighted by molar-refractivity contribution is 7.99. The monoisotopic (exact) mass is 393 g/mol. The number of fused-ring (bicyclic) bond motifs is 1. The molecule has 2 saturated heterocycles. The average molecular weight is 393 g/mol. The maximum Gasteiger partial charge on any atom is 0.414 e. The minimum atomic E-state index is -0.722. The van der Waals surface area contributed by atoms with Gasteiger partial charge in [-0.25, -0.2) is 13.6 Å². The number of cyclic esters (lactones) is 1. The third-order valence-electron chi connectivity index (χ3n) is 5.30. The number of nitrogens with one attached hydrogen (secondary N) is 1. The number of rotatable bonds is 5. The zero-order chi connectivity index (χ0) is 19.1. The molecule has 142 valence electrons. The van der Waals surface area contributed by atoms with E-state index in [2.05, 4.69) is 5.32 Å². The molecule has 6 nitrogen and oxygen atoms in total. The van der Waals surface area contributed by atoms with Gasteiger partial charge in [-0.3, -0.25) is 9.69 Å². The van der Waals surface area contributed by atoms with Gasteiger partial charge >= 0.3 is 6.09 Å². The molecule has 2 aliphatic heterocycles. The molecule has 4 rings (SSSR count). The van der Waals surface area contributed by atoms with Crippen LogP contribution in [0.3, 0.4) is 0 Å². The lowest BCUT2D eigenvalue weighted by molar-refractivity contribution is -0.120. The van der Waals surface area contributed by atoms with E-state index < -0.39 is 29.7 Å². The predicted octanol–water partition coefficient (Wildman–Crippen LogP) is 2.40. The van der Waals surface area contributed by atoms with Crippen LogP contribution in [0.15, 0.2) is 12.1 Å². The van der Waals surface area contributed by atoms with Crippen LogP contribution in [0.25, 0.3) is 0 Å². The number of nitriles is 1. The van der Waals surface area contributed by atoms with Crippen molar-refractivity contribution in [3.63, 3.8) is 0 Å². The highest BCUT2D eigenvalue weighted by Crippen LogP contribution is 2.62. The number of thioether (sulfide) groups is 1. The van der Waals surface area contributed by atoms with Gasteiger partial charge in [-0.2, -0.15) is 17.0 Å². The number of hydrogen-bond donors (Lipinski definition) is 1. The Morgan fingerprint density at radius 2 is 2.00 bits per heavy atom. The summed E-state index contributed by atoms with van der Waals surface area (Å²) < 4.78 is 34.4. The van der Waals surface area contributed by atoms with Gasteiger partial charge in [-0.05, 0) is 41.4 Å². The zero-order valence-electron chi connectivity index (χ0n) is 14.3. The number of ether oxygens (including phenoxy) is 1. The van der Waals surface area contributed by atoms with Crippen molar-refractivity contribution in [2.24, 2.45) is 11.8 Å². The first-order valence-corrected chi connectivity index (χ1v) is 9.83. The third-order valence-corrected chi connectivity index (χ3v) is 6.54. The van der Waals surface area contributed by atoms with E-state index in [1.165, 1.54) is 12.1 Å². The molecule has 3 aliphatic rings. The number of halogens is 2. The number of benzene rings is 1. The van der Waals surface area contributed by atoms with Crippen LogP contribution in [0.5, 0.6) is 0 Å². The van der Waals surface area contributed by atoms with Gasteiger partial charge in [0.2, 0.25) is 5.91 Å². The van der Waals surface area contributed by atoms with Gasteiger partial charge < -0.3 is 10.1 Å². The molecule has 9 heteroatoms. The maximum absolute atomic E-state index is 14.6. The Balaban J connectivity index is 1.45.